The standard InChI is InChI=1S/C15H15ClN6/c1-21-9-13(18-20-21)15-12-8-17-6-5-14(12)22(19-15)11-4-2-3-10(16)7-11/h2-4,7,9,17H,5-6,8H2,1H3. The molecule has 0 saturated heterocycles. The molecule has 0 bridgehead atoms. The third-order valence-electron chi connectivity index (χ3n) is 3.83. The summed E-state index contributed by atoms with van der Waals surface area (Å²) in [5.41, 5.74) is 5.05. The first kappa shape index (κ1) is 13.5. The number of hydrogen-bond acceptors (Lipinski definition) is 4. The van der Waals surface area contributed by atoms with Crippen molar-refractivity contribution in [3.05, 3.63) is 46.7 Å². The second-order valence-corrected chi connectivity index (χ2v) is 5.81. The molecule has 6 nitrogen and oxygen atoms in total. The van der Waals surface area contributed by atoms with Crippen LogP contribution in [0, 0.1) is 0 Å². The predicted molar refractivity (Wildman–Crippen MR) is 84.0 cm³/mol. The second-order valence-electron chi connectivity index (χ2n) is 5.37. The molecule has 3 aromatic rings. The van der Waals surface area contributed by atoms with Crippen molar-refractivity contribution in [2.75, 3.05) is 6.54 Å². The van der Waals surface area contributed by atoms with E-state index < -0.39 is 0 Å². The molecule has 112 valence electrons. The van der Waals surface area contributed by atoms with E-state index in [1.807, 2.05) is 42.2 Å². The van der Waals surface area contributed by atoms with Crippen LogP contribution in [0.1, 0.15) is 11.3 Å². The zero-order valence-corrected chi connectivity index (χ0v) is 12.9. The van der Waals surface area contributed by atoms with Gasteiger partial charge in [0.25, 0.3) is 0 Å². The highest BCUT2D eigenvalue weighted by atomic mass is 35.5. The molecule has 7 heteroatoms. The first-order chi connectivity index (χ1) is 10.7. The average Bonchev–Trinajstić information content (AvgIpc) is 3.11. The lowest BCUT2D eigenvalue weighted by molar-refractivity contribution is 0.623. The van der Waals surface area contributed by atoms with Gasteiger partial charge >= 0.3 is 0 Å². The van der Waals surface area contributed by atoms with Gasteiger partial charge in [-0.15, -0.1) is 5.10 Å². The highest BCUT2D eigenvalue weighted by Crippen LogP contribution is 2.28. The van der Waals surface area contributed by atoms with E-state index in [4.69, 9.17) is 16.7 Å². The first-order valence-corrected chi connectivity index (χ1v) is 7.54. The highest BCUT2D eigenvalue weighted by molar-refractivity contribution is 6.30. The molecule has 22 heavy (non-hydrogen) atoms. The molecule has 1 aliphatic heterocycles. The van der Waals surface area contributed by atoms with Gasteiger partial charge in [0.2, 0.25) is 0 Å². The van der Waals surface area contributed by atoms with Crippen molar-refractivity contribution in [3.63, 3.8) is 0 Å². The van der Waals surface area contributed by atoms with Crippen LogP contribution in [-0.4, -0.2) is 31.3 Å². The summed E-state index contributed by atoms with van der Waals surface area (Å²) in [5, 5.41) is 17.1. The van der Waals surface area contributed by atoms with Gasteiger partial charge in [0.15, 0.2) is 0 Å². The number of halogens is 1. The molecule has 0 atom stereocenters. The number of nitrogens with one attached hydrogen (secondary N) is 1. The van der Waals surface area contributed by atoms with Crippen molar-refractivity contribution in [2.24, 2.45) is 7.05 Å². The molecule has 0 aliphatic carbocycles. The predicted octanol–water partition coefficient (Wildman–Crippen LogP) is 1.97. The Morgan fingerprint density at radius 2 is 2.23 bits per heavy atom. The number of aryl methyl sites for hydroxylation is 1. The molecule has 4 rings (SSSR count). The number of fused-ring (bicyclic) bond motifs is 1. The van der Waals surface area contributed by atoms with Gasteiger partial charge in [-0.3, -0.25) is 4.68 Å². The van der Waals surface area contributed by atoms with E-state index in [9.17, 15) is 0 Å². The Labute approximate surface area is 132 Å². The fourth-order valence-electron chi connectivity index (χ4n) is 2.83. The van der Waals surface area contributed by atoms with Crippen molar-refractivity contribution in [3.8, 4) is 17.1 Å². The van der Waals surface area contributed by atoms with Gasteiger partial charge in [-0.1, -0.05) is 22.9 Å². The summed E-state index contributed by atoms with van der Waals surface area (Å²) in [5.74, 6) is 0. The van der Waals surface area contributed by atoms with Gasteiger partial charge in [-0.2, -0.15) is 5.10 Å². The van der Waals surface area contributed by atoms with Gasteiger partial charge in [-0.05, 0) is 18.2 Å². The van der Waals surface area contributed by atoms with E-state index in [0.717, 1.165) is 36.6 Å². The largest absolute Gasteiger partial charge is 0.312 e. The van der Waals surface area contributed by atoms with Crippen molar-refractivity contribution < 1.29 is 0 Å². The smallest absolute Gasteiger partial charge is 0.133 e. The topological polar surface area (TPSA) is 60.6 Å². The van der Waals surface area contributed by atoms with Crippen molar-refractivity contribution in [1.82, 2.24) is 30.1 Å². The lowest BCUT2D eigenvalue weighted by Gasteiger charge is -2.15. The molecule has 1 aliphatic rings. The number of rotatable bonds is 2. The van der Waals surface area contributed by atoms with E-state index in [2.05, 4.69) is 15.6 Å². The van der Waals surface area contributed by atoms with E-state index in [-0.39, 0.29) is 0 Å². The maximum Gasteiger partial charge on any atom is 0.133 e. The van der Waals surface area contributed by atoms with Crippen molar-refractivity contribution in [1.29, 1.82) is 0 Å². The quantitative estimate of drug-likeness (QED) is 0.785. The molecule has 0 fully saturated rings. The SMILES string of the molecule is Cn1cc(-c2nn(-c3cccc(Cl)c3)c3c2CNCC3)nn1. The van der Waals surface area contributed by atoms with Gasteiger partial charge in [0, 0.05) is 37.1 Å². The van der Waals surface area contributed by atoms with Crippen molar-refractivity contribution in [2.45, 2.75) is 13.0 Å². The minimum absolute atomic E-state index is 0.705. The Kier molecular flexibility index (Phi) is 3.20. The van der Waals surface area contributed by atoms with Gasteiger partial charge in [0.1, 0.15) is 11.4 Å². The molecule has 1 aromatic carbocycles. The number of aromatic nitrogens is 5. The van der Waals surface area contributed by atoms with E-state index in [1.165, 1.54) is 11.3 Å². The molecule has 3 heterocycles. The summed E-state index contributed by atoms with van der Waals surface area (Å²) >= 11 is 6.13. The molecule has 1 N–H and O–H groups in total. The lowest BCUT2D eigenvalue weighted by Crippen LogP contribution is -2.24. The maximum absolute atomic E-state index is 6.13. The Balaban J connectivity index is 1.91. The summed E-state index contributed by atoms with van der Waals surface area (Å²) in [7, 11) is 1.86. The second kappa shape index (κ2) is 5.23. The maximum atomic E-state index is 6.13. The van der Waals surface area contributed by atoms with Gasteiger partial charge < -0.3 is 5.32 Å². The van der Waals surface area contributed by atoms with E-state index >= 15 is 0 Å². The third-order valence-corrected chi connectivity index (χ3v) is 4.06. The van der Waals surface area contributed by atoms with Crippen LogP contribution in [-0.2, 0) is 20.0 Å². The molecule has 0 radical (unpaired) electrons. The van der Waals surface area contributed by atoms with Gasteiger partial charge in [0.05, 0.1) is 17.6 Å². The highest BCUT2D eigenvalue weighted by Gasteiger charge is 2.23. The summed E-state index contributed by atoms with van der Waals surface area (Å²) in [6.07, 6.45) is 2.81. The summed E-state index contributed by atoms with van der Waals surface area (Å²) in [4.78, 5) is 0. The molecule has 2 aromatic heterocycles. The molecule has 0 amide bonds. The van der Waals surface area contributed by atoms with Crippen LogP contribution in [0.15, 0.2) is 30.5 Å². The Morgan fingerprint density at radius 1 is 1.32 bits per heavy atom. The molecular formula is C15H15ClN6. The molecule has 0 unspecified atom stereocenters. The number of benzene rings is 1. The van der Waals surface area contributed by atoms with Crippen LogP contribution < -0.4 is 5.32 Å². The minimum atomic E-state index is 0.705. The average molecular weight is 315 g/mol. The van der Waals surface area contributed by atoms with Crippen LogP contribution >= 0.6 is 11.6 Å². The van der Waals surface area contributed by atoms with Crippen LogP contribution in [0.3, 0.4) is 0 Å². The monoisotopic (exact) mass is 314 g/mol. The minimum Gasteiger partial charge on any atom is -0.312 e. The van der Waals surface area contributed by atoms with Crippen molar-refractivity contribution >= 4 is 11.6 Å². The molecular weight excluding hydrogens is 300 g/mol. The lowest BCUT2D eigenvalue weighted by atomic mass is 10.1. The molecule has 0 saturated carbocycles. The third kappa shape index (κ3) is 2.20. The number of nitrogens with zero attached hydrogens (tertiary/aromatic N) is 5. The zero-order valence-electron chi connectivity index (χ0n) is 12.1. The van der Waals surface area contributed by atoms with E-state index in [1.54, 1.807) is 4.68 Å². The summed E-state index contributed by atoms with van der Waals surface area (Å²) < 4.78 is 3.67. The Morgan fingerprint density at radius 3 is 3.00 bits per heavy atom. The number of hydrogen-bond donors (Lipinski definition) is 1. The fourth-order valence-corrected chi connectivity index (χ4v) is 3.02. The Hall–Kier alpha value is -2.18. The van der Waals surface area contributed by atoms with Gasteiger partial charge in [-0.25, -0.2) is 4.68 Å². The Bertz CT molecular complexity index is 834. The van der Waals surface area contributed by atoms with Crippen LogP contribution in [0.2, 0.25) is 5.02 Å². The summed E-state index contributed by atoms with van der Waals surface area (Å²) in [6.45, 7) is 1.74. The summed E-state index contributed by atoms with van der Waals surface area (Å²) in [6, 6.07) is 7.75. The normalized spacial score (nSPS) is 14.1. The zero-order chi connectivity index (χ0) is 15.1. The van der Waals surface area contributed by atoms with Crippen LogP contribution in [0.25, 0.3) is 17.1 Å². The van der Waals surface area contributed by atoms with Crippen LogP contribution in [0.5, 0.6) is 0 Å². The fraction of sp³-hybridized carbons (Fsp3) is 0.267. The van der Waals surface area contributed by atoms with E-state index in [0.29, 0.717) is 5.02 Å². The molecule has 0 spiro atoms. The van der Waals surface area contributed by atoms with Crippen LogP contribution in [0.4, 0.5) is 0 Å². The first-order valence-electron chi connectivity index (χ1n) is 7.16.